The maximum atomic E-state index is 10.6. The Bertz CT molecular complexity index is 982. The molecule has 0 radical (unpaired) electrons. The van der Waals surface area contributed by atoms with E-state index in [0.29, 0.717) is 17.3 Å². The predicted octanol–water partition coefficient (Wildman–Crippen LogP) is 5.67. The van der Waals surface area contributed by atoms with Gasteiger partial charge in [0.2, 0.25) is 0 Å². The van der Waals surface area contributed by atoms with Crippen LogP contribution in [0.4, 0.5) is 13.2 Å². The number of aliphatic carboxylic acids is 1. The highest BCUT2D eigenvalue weighted by atomic mass is 19.4. The van der Waals surface area contributed by atoms with E-state index in [2.05, 4.69) is 41.8 Å². The number of halogens is 3. The second-order valence-electron chi connectivity index (χ2n) is 10.7. The molecular weight excluding hydrogens is 431 g/mol. The van der Waals surface area contributed by atoms with E-state index in [0.717, 1.165) is 24.3 Å². The second-order valence-corrected chi connectivity index (χ2v) is 10.7. The molecule has 4 fully saturated rings. The molecule has 2 heterocycles. The fourth-order valence-electron chi connectivity index (χ4n) is 7.43. The molecule has 4 aliphatic carbocycles. The molecule has 2 aromatic rings. The molecule has 5 aliphatic rings. The number of hydrogen-bond donors (Lipinski definition) is 1. The van der Waals surface area contributed by atoms with Gasteiger partial charge in [-0.05, 0) is 68.3 Å². The van der Waals surface area contributed by atoms with E-state index in [-0.39, 0.29) is 0 Å². The van der Waals surface area contributed by atoms with Gasteiger partial charge in [-0.25, -0.2) is 4.79 Å². The van der Waals surface area contributed by atoms with E-state index in [1.807, 2.05) is 0 Å². The Labute approximate surface area is 191 Å². The van der Waals surface area contributed by atoms with Gasteiger partial charge >= 0.3 is 12.1 Å². The standard InChI is InChI=1S/C23H29N3.C2HF3O2/c1-15-7-20(19-5-3-2-4-6-19)14-26-21(15)24-25-22(26)23-11-16-8-17(12-23)10-18(9-16)13-23;3-2(4,5)1(6)7/h2-6,15-18,20H,7-14H2,1H3;(H,6,7). The Hall–Kier alpha value is -2.38. The van der Waals surface area contributed by atoms with Crippen LogP contribution in [0.15, 0.2) is 30.3 Å². The van der Waals surface area contributed by atoms with Crippen LogP contribution in [0.2, 0.25) is 0 Å². The fraction of sp³-hybridized carbons (Fsp3) is 0.640. The van der Waals surface area contributed by atoms with Crippen molar-refractivity contribution in [2.45, 2.75) is 81.8 Å². The van der Waals surface area contributed by atoms with E-state index in [1.54, 1.807) is 0 Å². The minimum Gasteiger partial charge on any atom is -0.475 e. The van der Waals surface area contributed by atoms with E-state index in [4.69, 9.17) is 20.1 Å². The molecule has 0 saturated heterocycles. The number of hydrogen-bond acceptors (Lipinski definition) is 3. The van der Waals surface area contributed by atoms with Gasteiger partial charge in [0.05, 0.1) is 0 Å². The van der Waals surface area contributed by atoms with Crippen molar-refractivity contribution in [3.8, 4) is 0 Å². The smallest absolute Gasteiger partial charge is 0.475 e. The largest absolute Gasteiger partial charge is 0.490 e. The highest BCUT2D eigenvalue weighted by Gasteiger charge is 2.54. The molecule has 0 amide bonds. The van der Waals surface area contributed by atoms with Crippen molar-refractivity contribution in [2.75, 3.05) is 0 Å². The number of aromatic nitrogens is 3. The topological polar surface area (TPSA) is 68.0 Å². The zero-order chi connectivity index (χ0) is 23.4. The minimum atomic E-state index is -5.08. The lowest BCUT2D eigenvalue weighted by molar-refractivity contribution is -0.192. The summed E-state index contributed by atoms with van der Waals surface area (Å²) in [4.78, 5) is 8.90. The molecule has 1 aromatic carbocycles. The lowest BCUT2D eigenvalue weighted by atomic mass is 9.49. The van der Waals surface area contributed by atoms with Gasteiger partial charge in [0.25, 0.3) is 0 Å². The van der Waals surface area contributed by atoms with Gasteiger partial charge < -0.3 is 9.67 Å². The molecule has 33 heavy (non-hydrogen) atoms. The Balaban J connectivity index is 0.000000287. The van der Waals surface area contributed by atoms with Crippen LogP contribution < -0.4 is 0 Å². The third kappa shape index (κ3) is 4.17. The molecule has 5 nitrogen and oxygen atoms in total. The van der Waals surface area contributed by atoms with Crippen LogP contribution in [0, 0.1) is 17.8 Å². The highest BCUT2D eigenvalue weighted by molar-refractivity contribution is 5.73. The van der Waals surface area contributed by atoms with Crippen molar-refractivity contribution in [1.29, 1.82) is 0 Å². The van der Waals surface area contributed by atoms with Crippen LogP contribution >= 0.6 is 0 Å². The first-order valence-electron chi connectivity index (χ1n) is 11.9. The molecule has 4 bridgehead atoms. The van der Waals surface area contributed by atoms with Gasteiger partial charge in [0.1, 0.15) is 11.6 Å². The molecular formula is C25H30F3N3O2. The molecule has 1 aliphatic heterocycles. The number of rotatable bonds is 2. The molecule has 1 aromatic heterocycles. The third-order valence-corrected chi connectivity index (χ3v) is 8.29. The number of carboxylic acids is 1. The summed E-state index contributed by atoms with van der Waals surface area (Å²) in [5.74, 6) is 3.83. The second kappa shape index (κ2) is 8.13. The average Bonchev–Trinajstić information content (AvgIpc) is 3.19. The lowest BCUT2D eigenvalue weighted by Crippen LogP contribution is -2.50. The first kappa shape index (κ1) is 22.4. The normalized spacial score (nSPS) is 34.4. The van der Waals surface area contributed by atoms with Gasteiger partial charge in [-0.3, -0.25) is 0 Å². The van der Waals surface area contributed by atoms with Crippen LogP contribution in [0.5, 0.6) is 0 Å². The quantitative estimate of drug-likeness (QED) is 0.626. The van der Waals surface area contributed by atoms with Crippen molar-refractivity contribution in [3.05, 3.63) is 47.5 Å². The number of fused-ring (bicyclic) bond motifs is 1. The minimum absolute atomic E-state index is 0.346. The Morgan fingerprint density at radius 1 is 1.00 bits per heavy atom. The van der Waals surface area contributed by atoms with Gasteiger partial charge in [0.15, 0.2) is 0 Å². The van der Waals surface area contributed by atoms with E-state index >= 15 is 0 Å². The monoisotopic (exact) mass is 461 g/mol. The van der Waals surface area contributed by atoms with E-state index < -0.39 is 12.1 Å². The summed E-state index contributed by atoms with van der Waals surface area (Å²) in [5.41, 5.74) is 1.83. The van der Waals surface area contributed by atoms with Crippen LogP contribution in [-0.4, -0.2) is 32.0 Å². The maximum Gasteiger partial charge on any atom is 0.490 e. The summed E-state index contributed by atoms with van der Waals surface area (Å²) >= 11 is 0. The first-order chi connectivity index (χ1) is 15.6. The average molecular weight is 462 g/mol. The van der Waals surface area contributed by atoms with Crippen molar-refractivity contribution in [2.24, 2.45) is 17.8 Å². The molecule has 1 N–H and O–H groups in total. The van der Waals surface area contributed by atoms with Gasteiger partial charge in [0, 0.05) is 23.8 Å². The summed E-state index contributed by atoms with van der Waals surface area (Å²) in [6, 6.07) is 11.1. The number of alkyl halides is 3. The molecule has 8 heteroatoms. The fourth-order valence-corrected chi connectivity index (χ4v) is 7.43. The van der Waals surface area contributed by atoms with Gasteiger partial charge in [-0.2, -0.15) is 13.2 Å². The third-order valence-electron chi connectivity index (χ3n) is 8.29. The van der Waals surface area contributed by atoms with Crippen LogP contribution in [0.25, 0.3) is 0 Å². The summed E-state index contributed by atoms with van der Waals surface area (Å²) < 4.78 is 34.3. The van der Waals surface area contributed by atoms with Crippen molar-refractivity contribution < 1.29 is 23.1 Å². The Kier molecular flexibility index (Phi) is 5.52. The summed E-state index contributed by atoms with van der Waals surface area (Å²) in [7, 11) is 0. The molecule has 2 unspecified atom stereocenters. The van der Waals surface area contributed by atoms with Crippen LogP contribution in [0.1, 0.15) is 80.9 Å². The maximum absolute atomic E-state index is 10.6. The lowest BCUT2D eigenvalue weighted by Gasteiger charge is -2.56. The van der Waals surface area contributed by atoms with Crippen LogP contribution in [0.3, 0.4) is 0 Å². The molecule has 7 rings (SSSR count). The van der Waals surface area contributed by atoms with Gasteiger partial charge in [-0.15, -0.1) is 10.2 Å². The first-order valence-corrected chi connectivity index (χ1v) is 11.9. The molecule has 178 valence electrons. The van der Waals surface area contributed by atoms with Gasteiger partial charge in [-0.1, -0.05) is 37.3 Å². The zero-order valence-electron chi connectivity index (χ0n) is 18.8. The van der Waals surface area contributed by atoms with Crippen molar-refractivity contribution in [1.82, 2.24) is 14.8 Å². The Morgan fingerprint density at radius 2 is 1.55 bits per heavy atom. The predicted molar refractivity (Wildman–Crippen MR) is 116 cm³/mol. The van der Waals surface area contributed by atoms with Crippen molar-refractivity contribution >= 4 is 5.97 Å². The SMILES string of the molecule is CC1CC(c2ccccc2)Cn2c1nnc2C12CC3CC(CC(C3)C1)C2.O=C(O)C(F)(F)F. The molecule has 0 spiro atoms. The molecule has 2 atom stereocenters. The summed E-state index contributed by atoms with van der Waals surface area (Å²) in [5, 5.41) is 16.7. The number of benzene rings is 1. The number of nitrogens with zero attached hydrogens (tertiary/aromatic N) is 3. The summed E-state index contributed by atoms with van der Waals surface area (Å²) in [6.07, 6.45) is 4.71. The van der Waals surface area contributed by atoms with Crippen LogP contribution in [-0.2, 0) is 16.8 Å². The zero-order valence-corrected chi connectivity index (χ0v) is 18.8. The van der Waals surface area contributed by atoms with E-state index in [9.17, 15) is 13.2 Å². The summed E-state index contributed by atoms with van der Waals surface area (Å²) in [6.45, 7) is 3.42. The molecule has 4 saturated carbocycles. The van der Waals surface area contributed by atoms with Crippen molar-refractivity contribution in [3.63, 3.8) is 0 Å². The highest BCUT2D eigenvalue weighted by Crippen LogP contribution is 2.60. The number of carboxylic acid groups (broad SMARTS) is 1. The Morgan fingerprint density at radius 3 is 2.06 bits per heavy atom. The number of carbonyl (C=O) groups is 1. The van der Waals surface area contributed by atoms with E-state index in [1.165, 1.54) is 62.2 Å².